The molecular formula is C18H29NO. The molecule has 1 aromatic carbocycles. The first-order chi connectivity index (χ1) is 8.98. The lowest BCUT2D eigenvalue weighted by Gasteiger charge is -2.28. The van der Waals surface area contributed by atoms with Crippen LogP contribution in [0.4, 0.5) is 0 Å². The van der Waals surface area contributed by atoms with Crippen molar-refractivity contribution in [1.82, 2.24) is 0 Å². The monoisotopic (exact) mass is 275 g/mol. The highest BCUT2D eigenvalue weighted by Crippen LogP contribution is 2.39. The molecule has 0 amide bonds. The maximum atomic E-state index is 10.6. The van der Waals surface area contributed by atoms with Crippen LogP contribution in [0.5, 0.6) is 5.75 Å². The van der Waals surface area contributed by atoms with Gasteiger partial charge in [-0.3, -0.25) is 0 Å². The van der Waals surface area contributed by atoms with Crippen molar-refractivity contribution in [1.29, 1.82) is 0 Å². The average molecular weight is 275 g/mol. The summed E-state index contributed by atoms with van der Waals surface area (Å²) in [6, 6.07) is 3.94. The standard InChI is InChI=1S/C18H29NO/c1-8-9-15(19)13-10-12(17(2,3)4)11-14(16(13)20)18(5,6)7/h8,10-11,15,20H,1,9,19H2,2-7H3/t15-/m0/s1. The summed E-state index contributed by atoms with van der Waals surface area (Å²) in [5.74, 6) is 0.333. The number of hydrogen-bond donors (Lipinski definition) is 2. The quantitative estimate of drug-likeness (QED) is 0.794. The minimum absolute atomic E-state index is 0.0242. The zero-order chi connectivity index (χ0) is 15.7. The molecule has 1 aromatic rings. The Morgan fingerprint density at radius 3 is 2.10 bits per heavy atom. The van der Waals surface area contributed by atoms with E-state index in [0.717, 1.165) is 11.1 Å². The highest BCUT2D eigenvalue weighted by atomic mass is 16.3. The van der Waals surface area contributed by atoms with Crippen molar-refractivity contribution < 1.29 is 5.11 Å². The Hall–Kier alpha value is -1.28. The summed E-state index contributed by atoms with van der Waals surface area (Å²) in [6.07, 6.45) is 2.45. The van der Waals surface area contributed by atoms with E-state index in [4.69, 9.17) is 5.73 Å². The molecule has 0 aliphatic rings. The Bertz CT molecular complexity index is 489. The summed E-state index contributed by atoms with van der Waals surface area (Å²) in [6.45, 7) is 16.6. The van der Waals surface area contributed by atoms with E-state index < -0.39 is 0 Å². The Morgan fingerprint density at radius 2 is 1.70 bits per heavy atom. The lowest BCUT2D eigenvalue weighted by Crippen LogP contribution is -2.19. The lowest BCUT2D eigenvalue weighted by molar-refractivity contribution is 0.432. The van der Waals surface area contributed by atoms with Crippen LogP contribution in [-0.2, 0) is 10.8 Å². The normalized spacial score (nSPS) is 14.2. The van der Waals surface area contributed by atoms with Crippen LogP contribution in [0.3, 0.4) is 0 Å². The maximum absolute atomic E-state index is 10.6. The van der Waals surface area contributed by atoms with Crippen LogP contribution in [0.1, 0.15) is 70.7 Å². The lowest BCUT2D eigenvalue weighted by atomic mass is 9.78. The molecule has 0 spiro atoms. The maximum Gasteiger partial charge on any atom is 0.124 e. The summed E-state index contributed by atoms with van der Waals surface area (Å²) in [7, 11) is 0. The molecule has 2 nitrogen and oxygen atoms in total. The van der Waals surface area contributed by atoms with Gasteiger partial charge in [0.1, 0.15) is 5.75 Å². The molecule has 0 unspecified atom stereocenters. The zero-order valence-corrected chi connectivity index (χ0v) is 13.7. The molecule has 3 N–H and O–H groups in total. The molecule has 0 saturated carbocycles. The molecule has 1 atom stereocenters. The summed E-state index contributed by atoms with van der Waals surface area (Å²) >= 11 is 0. The number of rotatable bonds is 3. The molecule has 2 heteroatoms. The first-order valence-corrected chi connectivity index (χ1v) is 7.23. The third-order valence-electron chi connectivity index (χ3n) is 3.63. The highest BCUT2D eigenvalue weighted by Gasteiger charge is 2.26. The number of benzene rings is 1. The third kappa shape index (κ3) is 3.63. The number of aromatic hydroxyl groups is 1. The van der Waals surface area contributed by atoms with Crippen molar-refractivity contribution in [3.63, 3.8) is 0 Å². The van der Waals surface area contributed by atoms with Gasteiger partial charge in [-0.25, -0.2) is 0 Å². The van der Waals surface area contributed by atoms with E-state index in [1.54, 1.807) is 6.08 Å². The van der Waals surface area contributed by atoms with Gasteiger partial charge in [0.25, 0.3) is 0 Å². The van der Waals surface area contributed by atoms with Crippen LogP contribution >= 0.6 is 0 Å². The fourth-order valence-electron chi connectivity index (χ4n) is 2.25. The first-order valence-electron chi connectivity index (χ1n) is 7.23. The smallest absolute Gasteiger partial charge is 0.124 e. The van der Waals surface area contributed by atoms with E-state index in [0.29, 0.717) is 12.2 Å². The van der Waals surface area contributed by atoms with E-state index in [-0.39, 0.29) is 16.9 Å². The topological polar surface area (TPSA) is 46.2 Å². The fraction of sp³-hybridized carbons (Fsp3) is 0.556. The summed E-state index contributed by atoms with van der Waals surface area (Å²) in [5.41, 5.74) is 9.09. The van der Waals surface area contributed by atoms with Crippen LogP contribution in [0, 0.1) is 0 Å². The fourth-order valence-corrected chi connectivity index (χ4v) is 2.25. The van der Waals surface area contributed by atoms with Crippen molar-refractivity contribution in [2.75, 3.05) is 0 Å². The van der Waals surface area contributed by atoms with Crippen LogP contribution < -0.4 is 5.73 Å². The van der Waals surface area contributed by atoms with Crippen molar-refractivity contribution >= 4 is 0 Å². The second-order valence-electron chi connectivity index (χ2n) is 7.59. The van der Waals surface area contributed by atoms with Gasteiger partial charge in [-0.05, 0) is 34.4 Å². The molecule has 0 saturated heterocycles. The van der Waals surface area contributed by atoms with Crippen molar-refractivity contribution in [2.24, 2.45) is 5.73 Å². The second-order valence-corrected chi connectivity index (χ2v) is 7.59. The van der Waals surface area contributed by atoms with E-state index in [1.807, 2.05) is 6.07 Å². The van der Waals surface area contributed by atoms with Crippen molar-refractivity contribution in [2.45, 2.75) is 64.8 Å². The van der Waals surface area contributed by atoms with Gasteiger partial charge in [0.15, 0.2) is 0 Å². The van der Waals surface area contributed by atoms with E-state index in [2.05, 4.69) is 54.2 Å². The van der Waals surface area contributed by atoms with Crippen LogP contribution in [0.25, 0.3) is 0 Å². The molecule has 0 radical (unpaired) electrons. The minimum Gasteiger partial charge on any atom is -0.507 e. The van der Waals surface area contributed by atoms with Crippen LogP contribution in [-0.4, -0.2) is 5.11 Å². The van der Waals surface area contributed by atoms with Gasteiger partial charge >= 0.3 is 0 Å². The second kappa shape index (κ2) is 5.61. The predicted molar refractivity (Wildman–Crippen MR) is 87.2 cm³/mol. The molecule has 0 aliphatic carbocycles. The van der Waals surface area contributed by atoms with Gasteiger partial charge in [-0.2, -0.15) is 0 Å². The van der Waals surface area contributed by atoms with Crippen LogP contribution in [0.2, 0.25) is 0 Å². The van der Waals surface area contributed by atoms with E-state index >= 15 is 0 Å². The van der Waals surface area contributed by atoms with Gasteiger partial charge in [0, 0.05) is 11.6 Å². The summed E-state index contributed by atoms with van der Waals surface area (Å²) in [5, 5.41) is 10.6. The Kier molecular flexibility index (Phi) is 4.70. The molecule has 0 bridgehead atoms. The molecule has 20 heavy (non-hydrogen) atoms. The molecule has 0 aliphatic heterocycles. The van der Waals surface area contributed by atoms with Crippen LogP contribution in [0.15, 0.2) is 24.8 Å². The number of hydrogen-bond acceptors (Lipinski definition) is 2. The summed E-state index contributed by atoms with van der Waals surface area (Å²) < 4.78 is 0. The zero-order valence-electron chi connectivity index (χ0n) is 13.7. The highest BCUT2D eigenvalue weighted by molar-refractivity contribution is 5.50. The number of nitrogens with two attached hydrogens (primary N) is 1. The molecular weight excluding hydrogens is 246 g/mol. The summed E-state index contributed by atoms with van der Waals surface area (Å²) in [4.78, 5) is 0. The molecule has 0 fully saturated rings. The Labute approximate surface area is 123 Å². The van der Waals surface area contributed by atoms with E-state index in [1.165, 1.54) is 5.56 Å². The van der Waals surface area contributed by atoms with Gasteiger partial charge in [0.05, 0.1) is 0 Å². The molecule has 0 heterocycles. The Morgan fingerprint density at radius 1 is 1.15 bits per heavy atom. The number of phenols is 1. The molecule has 112 valence electrons. The van der Waals surface area contributed by atoms with Gasteiger partial charge in [-0.15, -0.1) is 6.58 Å². The largest absolute Gasteiger partial charge is 0.507 e. The number of phenolic OH excluding ortho intramolecular Hbond substituents is 1. The minimum atomic E-state index is -0.212. The third-order valence-corrected chi connectivity index (χ3v) is 3.63. The van der Waals surface area contributed by atoms with Gasteiger partial charge in [0.2, 0.25) is 0 Å². The predicted octanol–water partition coefficient (Wildman–Crippen LogP) is 4.56. The molecule has 0 aromatic heterocycles. The Balaban J connectivity index is 3.55. The van der Waals surface area contributed by atoms with Gasteiger partial charge in [-0.1, -0.05) is 53.7 Å². The average Bonchev–Trinajstić information content (AvgIpc) is 2.26. The van der Waals surface area contributed by atoms with Gasteiger partial charge < -0.3 is 10.8 Å². The SMILES string of the molecule is C=CC[C@H](N)c1cc(C(C)(C)C)cc(C(C)(C)C)c1O. The van der Waals surface area contributed by atoms with Crippen molar-refractivity contribution in [3.05, 3.63) is 41.5 Å². The van der Waals surface area contributed by atoms with Crippen molar-refractivity contribution in [3.8, 4) is 5.75 Å². The molecule has 1 rings (SSSR count). The van der Waals surface area contributed by atoms with E-state index in [9.17, 15) is 5.11 Å². The first kappa shape index (κ1) is 16.8.